The number of rotatable bonds is 8. The Kier molecular flexibility index (Phi) is 5.58. The summed E-state index contributed by atoms with van der Waals surface area (Å²) < 4.78 is 16.3. The van der Waals surface area contributed by atoms with Crippen molar-refractivity contribution in [2.24, 2.45) is 5.73 Å². The number of aryl methyl sites for hydroxylation is 1. The summed E-state index contributed by atoms with van der Waals surface area (Å²) in [7, 11) is 0. The molecule has 3 rings (SSSR count). The molecule has 1 aromatic carbocycles. The average Bonchev–Trinajstić information content (AvgIpc) is 3.12. The molecular formula is C15H18FN5S2. The van der Waals surface area contributed by atoms with Gasteiger partial charge in [-0.2, -0.15) is 4.52 Å². The fourth-order valence-electron chi connectivity index (χ4n) is 2.21. The summed E-state index contributed by atoms with van der Waals surface area (Å²) in [5.74, 6) is 1.26. The first-order valence-electron chi connectivity index (χ1n) is 7.55. The second-order valence-corrected chi connectivity index (χ2v) is 7.34. The van der Waals surface area contributed by atoms with Gasteiger partial charge in [0.15, 0.2) is 10.2 Å². The summed E-state index contributed by atoms with van der Waals surface area (Å²) in [4.78, 5) is 0.787. The van der Waals surface area contributed by atoms with Gasteiger partial charge in [0, 0.05) is 12.2 Å². The molecule has 0 saturated heterocycles. The minimum absolute atomic E-state index is 0.177. The van der Waals surface area contributed by atoms with E-state index in [0.29, 0.717) is 11.3 Å². The van der Waals surface area contributed by atoms with Crippen LogP contribution in [0.4, 0.5) is 4.39 Å². The van der Waals surface area contributed by atoms with E-state index in [2.05, 4.69) is 15.3 Å². The Morgan fingerprint density at radius 1 is 1.17 bits per heavy atom. The van der Waals surface area contributed by atoms with Crippen LogP contribution in [0.5, 0.6) is 0 Å². The van der Waals surface area contributed by atoms with Crippen molar-refractivity contribution in [2.45, 2.75) is 35.8 Å². The van der Waals surface area contributed by atoms with Crippen molar-refractivity contribution in [1.82, 2.24) is 19.8 Å². The molecule has 122 valence electrons. The summed E-state index contributed by atoms with van der Waals surface area (Å²) in [6, 6.07) is 6.82. The van der Waals surface area contributed by atoms with Gasteiger partial charge < -0.3 is 5.73 Å². The van der Waals surface area contributed by atoms with E-state index in [1.807, 2.05) is 6.07 Å². The van der Waals surface area contributed by atoms with Crippen molar-refractivity contribution in [1.29, 1.82) is 0 Å². The lowest BCUT2D eigenvalue weighted by Crippen LogP contribution is -2.00. The highest BCUT2D eigenvalue weighted by Gasteiger charge is 2.12. The zero-order chi connectivity index (χ0) is 16.1. The maximum absolute atomic E-state index is 13.6. The predicted molar refractivity (Wildman–Crippen MR) is 91.2 cm³/mol. The number of aromatic nitrogens is 4. The molecule has 2 aromatic heterocycles. The largest absolute Gasteiger partial charge is 0.330 e. The van der Waals surface area contributed by atoms with Crippen LogP contribution < -0.4 is 5.73 Å². The molecule has 2 N–H and O–H groups in total. The lowest BCUT2D eigenvalue weighted by atomic mass is 10.2. The first-order chi connectivity index (χ1) is 11.3. The van der Waals surface area contributed by atoms with Crippen molar-refractivity contribution in [3.8, 4) is 0 Å². The van der Waals surface area contributed by atoms with E-state index in [1.54, 1.807) is 16.6 Å². The lowest BCUT2D eigenvalue weighted by Gasteiger charge is -2.00. The van der Waals surface area contributed by atoms with Gasteiger partial charge in [-0.15, -0.1) is 15.3 Å². The first-order valence-corrected chi connectivity index (χ1v) is 9.35. The number of hydrogen-bond donors (Lipinski definition) is 1. The van der Waals surface area contributed by atoms with Crippen molar-refractivity contribution in [3.63, 3.8) is 0 Å². The van der Waals surface area contributed by atoms with E-state index in [0.717, 1.165) is 47.4 Å². The Morgan fingerprint density at radius 3 is 2.87 bits per heavy atom. The van der Waals surface area contributed by atoms with Gasteiger partial charge in [0.05, 0.1) is 0 Å². The van der Waals surface area contributed by atoms with Crippen molar-refractivity contribution < 1.29 is 4.39 Å². The van der Waals surface area contributed by atoms with Crippen LogP contribution in [0.15, 0.2) is 28.6 Å². The Balaban J connectivity index is 1.64. The van der Waals surface area contributed by atoms with Gasteiger partial charge in [-0.1, -0.05) is 47.7 Å². The summed E-state index contributed by atoms with van der Waals surface area (Å²) in [6.07, 6.45) is 4.00. The number of thioether (sulfide) groups is 1. The van der Waals surface area contributed by atoms with Gasteiger partial charge in [0.25, 0.3) is 0 Å². The molecule has 0 aliphatic carbocycles. The molecule has 3 aromatic rings. The monoisotopic (exact) mass is 351 g/mol. The number of benzene rings is 1. The van der Waals surface area contributed by atoms with E-state index in [9.17, 15) is 4.39 Å². The summed E-state index contributed by atoms with van der Waals surface area (Å²) in [5.41, 5.74) is 6.19. The van der Waals surface area contributed by atoms with Gasteiger partial charge in [0.2, 0.25) is 4.96 Å². The summed E-state index contributed by atoms with van der Waals surface area (Å²) in [5, 5.41) is 12.9. The second-order valence-electron chi connectivity index (χ2n) is 5.16. The van der Waals surface area contributed by atoms with Crippen molar-refractivity contribution in [3.05, 3.63) is 41.5 Å². The molecule has 0 aliphatic heterocycles. The Morgan fingerprint density at radius 2 is 2.04 bits per heavy atom. The van der Waals surface area contributed by atoms with Crippen LogP contribution >= 0.6 is 23.1 Å². The summed E-state index contributed by atoms with van der Waals surface area (Å²) >= 11 is 3.01. The molecule has 0 spiro atoms. The molecule has 0 bridgehead atoms. The number of nitrogens with two attached hydrogens (primary N) is 1. The van der Waals surface area contributed by atoms with E-state index >= 15 is 0 Å². The highest BCUT2D eigenvalue weighted by Crippen LogP contribution is 2.28. The SMILES string of the molecule is NCCCCCc1nnc2sc(SCc3ccccc3F)nn12. The fourth-order valence-corrected chi connectivity index (χ4v) is 4.09. The molecule has 0 atom stereocenters. The number of halogens is 1. The molecule has 0 fully saturated rings. The van der Waals surface area contributed by atoms with Crippen LogP contribution in [0.2, 0.25) is 0 Å². The van der Waals surface area contributed by atoms with Crippen LogP contribution in [-0.4, -0.2) is 26.4 Å². The quantitative estimate of drug-likeness (QED) is 0.498. The standard InChI is InChI=1S/C15H18FN5S2/c16-12-7-4-3-6-11(12)10-22-15-20-21-13(8-2-1-5-9-17)18-19-14(21)23-15/h3-4,6-7H,1-2,5,8-10,17H2. The molecule has 8 heteroatoms. The van der Waals surface area contributed by atoms with E-state index in [4.69, 9.17) is 5.73 Å². The van der Waals surface area contributed by atoms with Crippen LogP contribution in [0.1, 0.15) is 30.7 Å². The Hall–Kier alpha value is -1.51. The van der Waals surface area contributed by atoms with Crippen LogP contribution in [-0.2, 0) is 12.2 Å². The molecule has 23 heavy (non-hydrogen) atoms. The fraction of sp³-hybridized carbons (Fsp3) is 0.400. The molecule has 2 heterocycles. The highest BCUT2D eigenvalue weighted by molar-refractivity contribution is 8.00. The number of unbranched alkanes of at least 4 members (excludes halogenated alkanes) is 2. The van der Waals surface area contributed by atoms with E-state index in [-0.39, 0.29) is 5.82 Å². The molecular weight excluding hydrogens is 333 g/mol. The molecule has 0 aliphatic rings. The third-order valence-electron chi connectivity index (χ3n) is 3.45. The smallest absolute Gasteiger partial charge is 0.235 e. The normalized spacial score (nSPS) is 11.4. The number of nitrogens with zero attached hydrogens (tertiary/aromatic N) is 4. The van der Waals surface area contributed by atoms with Crippen LogP contribution in [0.3, 0.4) is 0 Å². The number of hydrogen-bond acceptors (Lipinski definition) is 6. The Bertz CT molecular complexity index is 770. The van der Waals surface area contributed by atoms with Gasteiger partial charge in [-0.05, 0) is 31.0 Å². The average molecular weight is 351 g/mol. The molecule has 0 amide bonds. The minimum Gasteiger partial charge on any atom is -0.330 e. The molecule has 0 radical (unpaired) electrons. The topological polar surface area (TPSA) is 69.1 Å². The highest BCUT2D eigenvalue weighted by atomic mass is 32.2. The van der Waals surface area contributed by atoms with Gasteiger partial charge in [-0.3, -0.25) is 0 Å². The number of fused-ring (bicyclic) bond motifs is 1. The lowest BCUT2D eigenvalue weighted by molar-refractivity contribution is 0.617. The molecule has 0 unspecified atom stereocenters. The third-order valence-corrected chi connectivity index (χ3v) is 5.53. The molecule has 5 nitrogen and oxygen atoms in total. The van der Waals surface area contributed by atoms with Gasteiger partial charge >= 0.3 is 0 Å². The first kappa shape index (κ1) is 16.4. The van der Waals surface area contributed by atoms with E-state index < -0.39 is 0 Å². The van der Waals surface area contributed by atoms with Gasteiger partial charge in [0.1, 0.15) is 5.82 Å². The summed E-state index contributed by atoms with van der Waals surface area (Å²) in [6.45, 7) is 0.725. The zero-order valence-electron chi connectivity index (χ0n) is 12.6. The second kappa shape index (κ2) is 7.85. The van der Waals surface area contributed by atoms with Gasteiger partial charge in [-0.25, -0.2) is 4.39 Å². The predicted octanol–water partition coefficient (Wildman–Crippen LogP) is 3.29. The van der Waals surface area contributed by atoms with Crippen LogP contribution in [0, 0.1) is 5.82 Å². The maximum Gasteiger partial charge on any atom is 0.235 e. The van der Waals surface area contributed by atoms with Crippen LogP contribution in [0.25, 0.3) is 4.96 Å². The zero-order valence-corrected chi connectivity index (χ0v) is 14.2. The van der Waals surface area contributed by atoms with Crippen molar-refractivity contribution in [2.75, 3.05) is 6.54 Å². The minimum atomic E-state index is -0.177. The Labute approximate surface area is 142 Å². The van der Waals surface area contributed by atoms with E-state index in [1.165, 1.54) is 29.2 Å². The third kappa shape index (κ3) is 4.07. The maximum atomic E-state index is 13.6. The van der Waals surface area contributed by atoms with Crippen molar-refractivity contribution >= 4 is 28.1 Å². The molecule has 0 saturated carbocycles.